The predicted molar refractivity (Wildman–Crippen MR) is 154 cm³/mol. The minimum atomic E-state index is -0.761. The average Bonchev–Trinajstić information content (AvgIpc) is 2.94. The van der Waals surface area contributed by atoms with Crippen LogP contribution in [0.4, 0.5) is 0 Å². The number of ether oxygens (including phenoxy) is 1. The Hall–Kier alpha value is -3.57. The first kappa shape index (κ1) is 32.0. The van der Waals surface area contributed by atoms with Crippen molar-refractivity contribution < 1.29 is 28.7 Å². The highest BCUT2D eigenvalue weighted by atomic mass is 16.5. The third-order valence-electron chi connectivity index (χ3n) is 7.54. The van der Waals surface area contributed by atoms with Crippen molar-refractivity contribution in [2.45, 2.75) is 51.5 Å². The molecule has 41 heavy (non-hydrogen) atoms. The molecule has 1 saturated heterocycles. The zero-order chi connectivity index (χ0) is 29.8. The van der Waals surface area contributed by atoms with Gasteiger partial charge in [0, 0.05) is 71.3 Å². The smallest absolute Gasteiger partial charge is 0.306 e. The molecule has 2 amide bonds. The third kappa shape index (κ3) is 10.4. The number of esters is 1. The molecule has 224 valence electrons. The standard InChI is InChI=1S/C30H43N5O6/c1-21(2)29(30(31)40)33-27(38)8-9-28(39)41-17-16-35-14-12-34(13-15-35)11-10-32-20-24-25(36)18-23(19-26(24)37)22-6-4-3-5-7-22/h3-7,20-21,23,29,32H,8-19H2,1-2H3,(H2,31,40)(H,33,38)/t23?,29-/m0/s1. The fourth-order valence-electron chi connectivity index (χ4n) is 5.04. The number of hydrogen-bond donors (Lipinski definition) is 3. The minimum Gasteiger partial charge on any atom is -0.464 e. The van der Waals surface area contributed by atoms with Gasteiger partial charge >= 0.3 is 5.97 Å². The Morgan fingerprint density at radius 3 is 2.17 bits per heavy atom. The van der Waals surface area contributed by atoms with E-state index in [0.717, 1.165) is 38.3 Å². The molecule has 0 unspecified atom stereocenters. The van der Waals surface area contributed by atoms with Crippen molar-refractivity contribution in [2.24, 2.45) is 11.7 Å². The molecule has 1 heterocycles. The van der Waals surface area contributed by atoms with Crippen LogP contribution in [0.1, 0.15) is 51.0 Å². The average molecular weight is 570 g/mol. The molecule has 1 saturated carbocycles. The Morgan fingerprint density at radius 2 is 1.59 bits per heavy atom. The molecular weight excluding hydrogens is 526 g/mol. The number of nitrogens with one attached hydrogen (secondary N) is 2. The first-order chi connectivity index (χ1) is 19.6. The maximum absolute atomic E-state index is 12.6. The van der Waals surface area contributed by atoms with Gasteiger partial charge in [-0.3, -0.25) is 33.8 Å². The van der Waals surface area contributed by atoms with Crippen molar-refractivity contribution in [3.63, 3.8) is 0 Å². The molecular formula is C30H43N5O6. The number of ketones is 2. The van der Waals surface area contributed by atoms with Crippen LogP contribution in [0.5, 0.6) is 0 Å². The second kappa shape index (κ2) is 16.0. The molecule has 1 atom stereocenters. The number of primary amides is 1. The van der Waals surface area contributed by atoms with Crippen LogP contribution < -0.4 is 16.4 Å². The molecule has 3 rings (SSSR count). The normalized spacial score (nSPS) is 19.1. The molecule has 1 aromatic carbocycles. The number of piperazine rings is 1. The van der Waals surface area contributed by atoms with Crippen LogP contribution in [0.3, 0.4) is 0 Å². The summed E-state index contributed by atoms with van der Waals surface area (Å²) in [6.45, 7) is 9.24. The van der Waals surface area contributed by atoms with Crippen LogP contribution in [0.2, 0.25) is 0 Å². The number of hydrogen-bond acceptors (Lipinski definition) is 9. The lowest BCUT2D eigenvalue weighted by Crippen LogP contribution is -2.48. The van der Waals surface area contributed by atoms with Gasteiger partial charge in [-0.25, -0.2) is 0 Å². The van der Waals surface area contributed by atoms with E-state index in [9.17, 15) is 24.0 Å². The van der Waals surface area contributed by atoms with Crippen molar-refractivity contribution in [3.8, 4) is 0 Å². The Morgan fingerprint density at radius 1 is 0.976 bits per heavy atom. The van der Waals surface area contributed by atoms with Gasteiger partial charge in [-0.1, -0.05) is 44.2 Å². The Bertz CT molecular complexity index is 1080. The monoisotopic (exact) mass is 569 g/mol. The first-order valence-electron chi connectivity index (χ1n) is 14.4. The number of rotatable bonds is 14. The van der Waals surface area contributed by atoms with E-state index in [2.05, 4.69) is 20.4 Å². The zero-order valence-corrected chi connectivity index (χ0v) is 24.1. The van der Waals surface area contributed by atoms with E-state index in [1.807, 2.05) is 30.3 Å². The summed E-state index contributed by atoms with van der Waals surface area (Å²) >= 11 is 0. The number of nitrogens with two attached hydrogens (primary N) is 1. The quantitative estimate of drug-likeness (QED) is 0.128. The molecule has 2 fully saturated rings. The number of nitrogens with zero attached hydrogens (tertiary/aromatic N) is 2. The highest BCUT2D eigenvalue weighted by Crippen LogP contribution is 2.31. The Balaban J connectivity index is 1.26. The van der Waals surface area contributed by atoms with Crippen LogP contribution in [0, 0.1) is 5.92 Å². The summed E-state index contributed by atoms with van der Waals surface area (Å²) in [5.74, 6) is -1.86. The van der Waals surface area contributed by atoms with Crippen molar-refractivity contribution in [2.75, 3.05) is 52.4 Å². The fraction of sp³-hybridized carbons (Fsp3) is 0.567. The van der Waals surface area contributed by atoms with E-state index >= 15 is 0 Å². The molecule has 0 spiro atoms. The molecule has 1 aromatic rings. The van der Waals surface area contributed by atoms with Gasteiger partial charge in [0.1, 0.15) is 12.6 Å². The third-order valence-corrected chi connectivity index (χ3v) is 7.54. The molecule has 11 nitrogen and oxygen atoms in total. The number of Topliss-reactive ketones (excluding diaryl/α,β-unsaturated/α-hetero) is 2. The second-order valence-corrected chi connectivity index (χ2v) is 11.0. The van der Waals surface area contributed by atoms with Gasteiger partial charge in [0.25, 0.3) is 0 Å². The summed E-state index contributed by atoms with van der Waals surface area (Å²) in [5.41, 5.74) is 6.59. The second-order valence-electron chi connectivity index (χ2n) is 11.0. The maximum atomic E-state index is 12.6. The molecule has 0 bridgehead atoms. The summed E-state index contributed by atoms with van der Waals surface area (Å²) in [4.78, 5) is 65.1. The van der Waals surface area contributed by atoms with Gasteiger partial charge in [-0.2, -0.15) is 0 Å². The highest BCUT2D eigenvalue weighted by Gasteiger charge is 2.31. The summed E-state index contributed by atoms with van der Waals surface area (Å²) in [5, 5.41) is 5.71. The number of amides is 2. The van der Waals surface area contributed by atoms with Gasteiger partial charge in [-0.15, -0.1) is 0 Å². The van der Waals surface area contributed by atoms with Gasteiger partial charge in [0.05, 0.1) is 12.0 Å². The SMILES string of the molecule is CC(C)[C@H](NC(=O)CCC(=O)OCCN1CCN(CCNC=C2C(=O)CC(c3ccccc3)CC2=O)CC1)C(N)=O. The van der Waals surface area contributed by atoms with E-state index in [1.165, 1.54) is 0 Å². The lowest BCUT2D eigenvalue weighted by Gasteiger charge is -2.34. The molecule has 0 radical (unpaired) electrons. The summed E-state index contributed by atoms with van der Waals surface area (Å²) in [6.07, 6.45) is 2.17. The van der Waals surface area contributed by atoms with Crippen molar-refractivity contribution in [3.05, 3.63) is 47.7 Å². The number of benzene rings is 1. The minimum absolute atomic E-state index is 0.0492. The maximum Gasteiger partial charge on any atom is 0.306 e. The fourth-order valence-corrected chi connectivity index (χ4v) is 5.04. The van der Waals surface area contributed by atoms with Crippen LogP contribution in [-0.4, -0.2) is 97.6 Å². The number of carbonyl (C=O) groups excluding carboxylic acids is 5. The lowest BCUT2D eigenvalue weighted by atomic mass is 9.80. The summed E-state index contributed by atoms with van der Waals surface area (Å²) < 4.78 is 5.27. The van der Waals surface area contributed by atoms with Crippen molar-refractivity contribution in [1.82, 2.24) is 20.4 Å². The predicted octanol–water partition coefficient (Wildman–Crippen LogP) is 0.743. The lowest BCUT2D eigenvalue weighted by molar-refractivity contribution is -0.145. The van der Waals surface area contributed by atoms with E-state index in [0.29, 0.717) is 25.9 Å². The van der Waals surface area contributed by atoms with E-state index < -0.39 is 23.8 Å². The topological polar surface area (TPSA) is 151 Å². The molecule has 0 aromatic heterocycles. The van der Waals surface area contributed by atoms with Crippen LogP contribution in [0.15, 0.2) is 42.1 Å². The van der Waals surface area contributed by atoms with E-state index in [-0.39, 0.29) is 48.4 Å². The van der Waals surface area contributed by atoms with Gasteiger partial charge in [0.2, 0.25) is 11.8 Å². The van der Waals surface area contributed by atoms with Gasteiger partial charge in [-0.05, 0) is 17.4 Å². The molecule has 4 N–H and O–H groups in total. The van der Waals surface area contributed by atoms with Crippen molar-refractivity contribution >= 4 is 29.4 Å². The molecule has 1 aliphatic heterocycles. The van der Waals surface area contributed by atoms with Crippen LogP contribution >= 0.6 is 0 Å². The van der Waals surface area contributed by atoms with Crippen LogP contribution in [-0.2, 0) is 28.7 Å². The van der Waals surface area contributed by atoms with Crippen LogP contribution in [0.25, 0.3) is 0 Å². The largest absolute Gasteiger partial charge is 0.464 e. The first-order valence-corrected chi connectivity index (χ1v) is 14.4. The Kier molecular flexibility index (Phi) is 12.5. The van der Waals surface area contributed by atoms with Gasteiger partial charge in [0.15, 0.2) is 11.6 Å². The van der Waals surface area contributed by atoms with E-state index in [1.54, 1.807) is 20.0 Å². The Labute approximate surface area is 241 Å². The van der Waals surface area contributed by atoms with E-state index in [4.69, 9.17) is 10.5 Å². The molecule has 2 aliphatic rings. The summed E-state index contributed by atoms with van der Waals surface area (Å²) in [6, 6.07) is 8.95. The number of carbonyl (C=O) groups is 5. The molecule has 1 aliphatic carbocycles. The molecule has 11 heteroatoms. The highest BCUT2D eigenvalue weighted by molar-refractivity contribution is 6.22. The van der Waals surface area contributed by atoms with Gasteiger partial charge < -0.3 is 21.1 Å². The summed E-state index contributed by atoms with van der Waals surface area (Å²) in [7, 11) is 0. The van der Waals surface area contributed by atoms with Crippen molar-refractivity contribution in [1.29, 1.82) is 0 Å². The zero-order valence-electron chi connectivity index (χ0n) is 24.1. The number of allylic oxidation sites excluding steroid dienone is 1.